The number of carbonyl (C=O) groups is 1. The third-order valence-electron chi connectivity index (χ3n) is 6.29. The minimum Gasteiger partial charge on any atom is -0.488 e. The number of ether oxygens (including phenoxy) is 4. The maximum atomic E-state index is 14.9. The number of amides is 1. The van der Waals surface area contributed by atoms with E-state index in [2.05, 4.69) is 20.3 Å². The maximum absolute atomic E-state index is 14.9. The average molecular weight is 544 g/mol. The molecule has 12 heteroatoms. The molecule has 5 rings (SSSR count). The van der Waals surface area contributed by atoms with Gasteiger partial charge in [-0.2, -0.15) is 4.39 Å². The molecule has 0 aliphatic carbocycles. The molecule has 3 aromatic rings. The van der Waals surface area contributed by atoms with Crippen molar-refractivity contribution in [2.24, 2.45) is 0 Å². The summed E-state index contributed by atoms with van der Waals surface area (Å²) >= 11 is 0. The Hall–Kier alpha value is -3.80. The van der Waals surface area contributed by atoms with Gasteiger partial charge in [0, 0.05) is 25.6 Å². The highest BCUT2D eigenvalue weighted by Crippen LogP contribution is 2.31. The molecule has 0 radical (unpaired) electrons. The number of hydrogen-bond acceptors (Lipinski definition) is 9. The first-order chi connectivity index (χ1) is 18.7. The first kappa shape index (κ1) is 26.8. The molecule has 1 amide bonds. The van der Waals surface area contributed by atoms with Crippen molar-refractivity contribution in [3.8, 4) is 11.6 Å². The van der Waals surface area contributed by atoms with Crippen LogP contribution in [0.15, 0.2) is 30.6 Å². The van der Waals surface area contributed by atoms with Crippen LogP contribution in [0.5, 0.6) is 11.6 Å². The summed E-state index contributed by atoms with van der Waals surface area (Å²) in [6.45, 7) is 7.11. The summed E-state index contributed by atoms with van der Waals surface area (Å²) in [6, 6.07) is 6.10. The van der Waals surface area contributed by atoms with Crippen LogP contribution < -0.4 is 14.8 Å². The standard InChI is InChI=1S/C27H31F2N5O5/c1-27(2,3)39-26(35)34-11-10-16(13-34)38-21-9-7-19-24(33-21)25(31-15-30-19)32-18-6-8-20(23(29)22(18)28)37-14-17-5-4-12-36-17/h6-9,15-17H,4-5,10-14H2,1-3H3,(H,30,31,32)/t16-,17+/m0/s1. The number of halogens is 2. The minimum absolute atomic E-state index is 0.121. The smallest absolute Gasteiger partial charge is 0.410 e. The number of benzene rings is 1. The Labute approximate surface area is 224 Å². The van der Waals surface area contributed by atoms with E-state index >= 15 is 0 Å². The second-order valence-electron chi connectivity index (χ2n) is 10.5. The second kappa shape index (κ2) is 11.1. The molecular formula is C27H31F2N5O5. The highest BCUT2D eigenvalue weighted by atomic mass is 19.2. The lowest BCUT2D eigenvalue weighted by Gasteiger charge is -2.24. The number of carbonyl (C=O) groups excluding carboxylic acids is 1. The van der Waals surface area contributed by atoms with Gasteiger partial charge in [-0.3, -0.25) is 0 Å². The SMILES string of the molecule is CC(C)(C)OC(=O)N1CC[C@H](Oc2ccc3ncnc(Nc4ccc(OC[C@H]5CCCO5)c(F)c4F)c3n2)C1. The number of rotatable bonds is 7. The summed E-state index contributed by atoms with van der Waals surface area (Å²) in [6.07, 6.45) is 2.87. The van der Waals surface area contributed by atoms with Crippen LogP contribution >= 0.6 is 0 Å². The van der Waals surface area contributed by atoms with Crippen LogP contribution in [0.2, 0.25) is 0 Å². The summed E-state index contributed by atoms with van der Waals surface area (Å²) in [5.41, 5.74) is 0.0860. The van der Waals surface area contributed by atoms with Crippen molar-refractivity contribution in [1.29, 1.82) is 0 Å². The Morgan fingerprint density at radius 1 is 1.15 bits per heavy atom. The Bertz CT molecular complexity index is 1350. The van der Waals surface area contributed by atoms with Crippen molar-refractivity contribution < 1.29 is 32.5 Å². The van der Waals surface area contributed by atoms with Gasteiger partial charge in [0.2, 0.25) is 11.7 Å². The van der Waals surface area contributed by atoms with E-state index in [0.29, 0.717) is 43.0 Å². The second-order valence-corrected chi connectivity index (χ2v) is 10.5. The molecule has 39 heavy (non-hydrogen) atoms. The highest BCUT2D eigenvalue weighted by Gasteiger charge is 2.31. The molecule has 2 atom stereocenters. The Morgan fingerprint density at radius 3 is 2.77 bits per heavy atom. The molecule has 1 N–H and O–H groups in total. The normalized spacial score (nSPS) is 19.4. The Balaban J connectivity index is 1.28. The van der Waals surface area contributed by atoms with E-state index in [-0.39, 0.29) is 36.1 Å². The monoisotopic (exact) mass is 543 g/mol. The van der Waals surface area contributed by atoms with Gasteiger partial charge in [0.05, 0.1) is 23.9 Å². The summed E-state index contributed by atoms with van der Waals surface area (Å²) < 4.78 is 52.0. The quantitative estimate of drug-likeness (QED) is 0.441. The maximum Gasteiger partial charge on any atom is 0.410 e. The predicted molar refractivity (Wildman–Crippen MR) is 138 cm³/mol. The van der Waals surface area contributed by atoms with Crippen molar-refractivity contribution in [3.05, 3.63) is 42.2 Å². The molecule has 0 spiro atoms. The van der Waals surface area contributed by atoms with E-state index in [4.69, 9.17) is 18.9 Å². The van der Waals surface area contributed by atoms with Gasteiger partial charge in [0.25, 0.3) is 0 Å². The van der Waals surface area contributed by atoms with Crippen LogP contribution in [-0.4, -0.2) is 70.1 Å². The molecule has 0 unspecified atom stereocenters. The lowest BCUT2D eigenvalue weighted by Crippen LogP contribution is -2.36. The zero-order chi connectivity index (χ0) is 27.6. The zero-order valence-electron chi connectivity index (χ0n) is 22.1. The van der Waals surface area contributed by atoms with Crippen LogP contribution in [0.3, 0.4) is 0 Å². The Kier molecular flexibility index (Phi) is 7.65. The number of nitrogens with one attached hydrogen (secondary N) is 1. The van der Waals surface area contributed by atoms with Crippen LogP contribution in [-0.2, 0) is 9.47 Å². The van der Waals surface area contributed by atoms with Crippen LogP contribution in [0, 0.1) is 11.6 Å². The molecular weight excluding hydrogens is 512 g/mol. The summed E-state index contributed by atoms with van der Waals surface area (Å²) in [5.74, 6) is -1.93. The predicted octanol–water partition coefficient (Wildman–Crippen LogP) is 4.99. The van der Waals surface area contributed by atoms with Crippen molar-refractivity contribution >= 4 is 28.6 Å². The average Bonchev–Trinajstić information content (AvgIpc) is 3.58. The molecule has 0 saturated carbocycles. The van der Waals surface area contributed by atoms with Crippen molar-refractivity contribution in [3.63, 3.8) is 0 Å². The highest BCUT2D eigenvalue weighted by molar-refractivity contribution is 5.87. The number of anilines is 2. The molecule has 2 aliphatic rings. The molecule has 2 aromatic heterocycles. The third kappa shape index (κ3) is 6.44. The van der Waals surface area contributed by atoms with E-state index < -0.39 is 23.3 Å². The number of nitrogens with zero attached hydrogens (tertiary/aromatic N) is 4. The molecule has 2 fully saturated rings. The summed E-state index contributed by atoms with van der Waals surface area (Å²) in [7, 11) is 0. The third-order valence-corrected chi connectivity index (χ3v) is 6.29. The van der Waals surface area contributed by atoms with Crippen molar-refractivity contribution in [1.82, 2.24) is 19.9 Å². The topological polar surface area (TPSA) is 108 Å². The van der Waals surface area contributed by atoms with Gasteiger partial charge in [-0.05, 0) is 51.8 Å². The van der Waals surface area contributed by atoms with Gasteiger partial charge in [-0.25, -0.2) is 24.1 Å². The number of aromatic nitrogens is 3. The largest absolute Gasteiger partial charge is 0.488 e. The lowest BCUT2D eigenvalue weighted by atomic mass is 10.2. The van der Waals surface area contributed by atoms with Gasteiger partial charge < -0.3 is 29.2 Å². The van der Waals surface area contributed by atoms with Gasteiger partial charge >= 0.3 is 6.09 Å². The minimum atomic E-state index is -1.11. The molecule has 0 bridgehead atoms. The van der Waals surface area contributed by atoms with E-state index in [0.717, 1.165) is 12.8 Å². The van der Waals surface area contributed by atoms with Crippen molar-refractivity contribution in [2.75, 3.05) is 31.6 Å². The van der Waals surface area contributed by atoms with E-state index in [1.165, 1.54) is 18.5 Å². The number of pyridine rings is 1. The van der Waals surface area contributed by atoms with Crippen LogP contribution in [0.1, 0.15) is 40.0 Å². The molecule has 208 valence electrons. The van der Waals surface area contributed by atoms with Crippen LogP contribution in [0.4, 0.5) is 25.1 Å². The first-order valence-corrected chi connectivity index (χ1v) is 12.9. The number of hydrogen-bond donors (Lipinski definition) is 1. The molecule has 2 saturated heterocycles. The van der Waals surface area contributed by atoms with E-state index in [9.17, 15) is 13.6 Å². The van der Waals surface area contributed by atoms with Gasteiger partial charge in [-0.1, -0.05) is 0 Å². The van der Waals surface area contributed by atoms with Gasteiger partial charge in [0.1, 0.15) is 30.2 Å². The fraction of sp³-hybridized carbons (Fsp3) is 0.481. The molecule has 10 nitrogen and oxygen atoms in total. The summed E-state index contributed by atoms with van der Waals surface area (Å²) in [4.78, 5) is 26.8. The fourth-order valence-electron chi connectivity index (χ4n) is 4.39. The number of likely N-dealkylation sites (tertiary alicyclic amines) is 1. The van der Waals surface area contributed by atoms with Gasteiger partial charge in [-0.15, -0.1) is 0 Å². The molecule has 1 aromatic carbocycles. The van der Waals surface area contributed by atoms with E-state index in [1.807, 2.05) is 20.8 Å². The Morgan fingerprint density at radius 2 is 2.00 bits per heavy atom. The van der Waals surface area contributed by atoms with Crippen molar-refractivity contribution in [2.45, 2.75) is 57.8 Å². The molecule has 2 aliphatic heterocycles. The fourth-order valence-corrected chi connectivity index (χ4v) is 4.39. The first-order valence-electron chi connectivity index (χ1n) is 12.9. The summed E-state index contributed by atoms with van der Waals surface area (Å²) in [5, 5.41) is 2.81. The van der Waals surface area contributed by atoms with Gasteiger partial charge in [0.15, 0.2) is 17.4 Å². The number of fused-ring (bicyclic) bond motifs is 1. The molecule has 4 heterocycles. The van der Waals surface area contributed by atoms with Crippen LogP contribution in [0.25, 0.3) is 11.0 Å². The zero-order valence-corrected chi connectivity index (χ0v) is 22.1. The lowest BCUT2D eigenvalue weighted by molar-refractivity contribution is 0.0275. The van der Waals surface area contributed by atoms with E-state index in [1.54, 1.807) is 17.0 Å².